The molecule has 99 heavy (non-hydrogen) atoms. The van der Waals surface area contributed by atoms with Crippen LogP contribution in [0.1, 0.15) is 196 Å². The van der Waals surface area contributed by atoms with Crippen LogP contribution in [-0.4, -0.2) is 231 Å². The van der Waals surface area contributed by atoms with Gasteiger partial charge in [-0.05, 0) is 86.5 Å². The van der Waals surface area contributed by atoms with E-state index in [1.165, 1.54) is 53.0 Å². The fraction of sp³-hybridized carbons (Fsp3) is 0.879. The number of thiocarbonyl (C=S) groups is 2. The van der Waals surface area contributed by atoms with Crippen LogP contribution in [0, 0.1) is 0 Å². The Morgan fingerprint density at radius 2 is 0.667 bits per heavy atom. The third-order valence-electron chi connectivity index (χ3n) is 16.9. The minimum atomic E-state index is -1.66. The van der Waals surface area contributed by atoms with E-state index in [2.05, 4.69) is 21.3 Å². The molecule has 4 heterocycles. The molecule has 0 radical (unpaired) electrons. The van der Waals surface area contributed by atoms with Gasteiger partial charge in [0.25, 0.3) is 0 Å². The summed E-state index contributed by atoms with van der Waals surface area (Å²) in [7, 11) is 5.89. The van der Waals surface area contributed by atoms with Crippen LogP contribution in [0.2, 0.25) is 0 Å². The van der Waals surface area contributed by atoms with Crippen molar-refractivity contribution in [2.75, 3.05) is 115 Å². The maximum atomic E-state index is 14.3. The second kappa shape index (κ2) is 57.7. The molecule has 10 atom stereocenters. The Labute approximate surface area is 640 Å². The number of unbranched alkanes of at least 4 members (excludes halogenated alkanes) is 12. The standard InChI is InChI=1S/C66H116Cl2N8O15S6.2ClH/c1-7-13-19-25-51(77)85-57-49(47-96-94-45-33-71-65(92)69-31-35-73-37-41-75(67)42-38-73)83-63(61(89-55(81)29-23-17-11-5)59(57)87-53(79)27-21-15-9-3)91-64-62(90-56(82)30-24-18-12-6)60(88-54(80)28-22-16-10-4)58(86-52(78)26-20-14-8-2)50(84-64)48-97-95-46-34-72-66(93)70-32-36-74-39-43-76(68)44-40-74;;/h49-50,57-64H,7-48H2,1-6H3,(H2,69,71,92)(H2,70,72,93);2*1H/t49?,50?,57-,58-,59+,60?,61?,62?,63-,64-;;/m1../s1. The number of nitrogens with one attached hydrogen (secondary N) is 6. The quantitative estimate of drug-likeness (QED) is 0.0127. The first-order chi connectivity index (χ1) is 47.0. The Kier molecular flexibility index (Phi) is 54.5. The van der Waals surface area contributed by atoms with Crippen molar-refractivity contribution in [1.29, 1.82) is 0 Å². The number of esters is 6. The SMILES string of the molecule is CCCCCC(=O)OC1C(OC(=O)CCCCC)[C@H](OC(=O)CCCCC)C(CSSCCNC(=S)NCC[NH+]2CCN(Cl)CC2)O[C@@H]1O[C@H]1OC(CSSCCNC(=S)NCC[NH+]2CCN(Cl)CC2)[C@@H](OC(=O)CCCCC)[C@H](OC(=O)CCCCC)C1OC(=O)CCCCC.[Cl-].[Cl-]. The topological polar surface area (TPSA) is 249 Å². The van der Waals surface area contributed by atoms with Crippen molar-refractivity contribution < 1.29 is 106 Å². The first-order valence-electron chi connectivity index (χ1n) is 36.2. The van der Waals surface area contributed by atoms with Crippen LogP contribution >= 0.6 is 91.2 Å². The predicted molar refractivity (Wildman–Crippen MR) is 396 cm³/mol. The summed E-state index contributed by atoms with van der Waals surface area (Å²) in [6.45, 7) is 23.6. The molecule has 6 N–H and O–H groups in total. The average Bonchev–Trinajstić information content (AvgIpc) is 0.769. The van der Waals surface area contributed by atoms with E-state index in [-0.39, 0.29) is 74.8 Å². The molecule has 33 heteroatoms. The second-order valence-corrected chi connectivity index (χ2v) is 32.1. The Morgan fingerprint density at radius 1 is 0.404 bits per heavy atom. The molecular formula is C66H118Cl4N8O15S6. The van der Waals surface area contributed by atoms with Crippen molar-refractivity contribution in [3.63, 3.8) is 0 Å². The lowest BCUT2D eigenvalue weighted by molar-refractivity contribution is -0.902. The molecule has 4 saturated heterocycles. The fourth-order valence-electron chi connectivity index (χ4n) is 11.2. The van der Waals surface area contributed by atoms with Crippen LogP contribution in [0.4, 0.5) is 0 Å². The van der Waals surface area contributed by atoms with Crippen LogP contribution in [-0.2, 0) is 71.4 Å². The molecular weight excluding hydrogens is 1480 g/mol. The minimum Gasteiger partial charge on any atom is -1.00 e. The van der Waals surface area contributed by atoms with Gasteiger partial charge in [-0.15, -0.1) is 0 Å². The number of piperazine rings is 2. The third-order valence-corrected chi connectivity index (χ3v) is 23.0. The first-order valence-corrected chi connectivity index (χ1v) is 42.6. The van der Waals surface area contributed by atoms with E-state index < -0.39 is 97.2 Å². The maximum absolute atomic E-state index is 14.3. The van der Waals surface area contributed by atoms with Crippen molar-refractivity contribution in [3.05, 3.63) is 0 Å². The summed E-state index contributed by atoms with van der Waals surface area (Å²) in [5.41, 5.74) is 0. The Balaban J connectivity index is 0.0000167. The van der Waals surface area contributed by atoms with Crippen LogP contribution in [0.3, 0.4) is 0 Å². The summed E-state index contributed by atoms with van der Waals surface area (Å²) in [5.74, 6) is -2.14. The van der Waals surface area contributed by atoms with E-state index in [1.807, 2.05) is 50.4 Å². The maximum Gasteiger partial charge on any atom is 0.306 e. The highest BCUT2D eigenvalue weighted by molar-refractivity contribution is 8.77. The molecule has 0 aromatic carbocycles. The van der Waals surface area contributed by atoms with Crippen LogP contribution in [0.5, 0.6) is 0 Å². The predicted octanol–water partition coefficient (Wildman–Crippen LogP) is 1.81. The van der Waals surface area contributed by atoms with Gasteiger partial charge in [0.1, 0.15) is 12.2 Å². The molecule has 4 rings (SSSR count). The van der Waals surface area contributed by atoms with Crippen molar-refractivity contribution in [2.45, 2.75) is 257 Å². The number of carbonyl (C=O) groups is 6. The number of rotatable bonds is 50. The molecule has 0 bridgehead atoms. The van der Waals surface area contributed by atoms with Crippen molar-refractivity contribution >= 4 is 137 Å². The lowest BCUT2D eigenvalue weighted by Gasteiger charge is -2.48. The van der Waals surface area contributed by atoms with Crippen molar-refractivity contribution in [2.24, 2.45) is 0 Å². The molecule has 0 aromatic heterocycles. The zero-order valence-corrected chi connectivity index (χ0v) is 67.4. The number of hydrogen-bond acceptors (Lipinski definition) is 23. The van der Waals surface area contributed by atoms with Gasteiger partial charge in [0.2, 0.25) is 12.6 Å². The highest BCUT2D eigenvalue weighted by Crippen LogP contribution is 2.39. The molecule has 4 fully saturated rings. The first kappa shape index (κ1) is 93.6. The summed E-state index contributed by atoms with van der Waals surface area (Å²) in [5, 5.41) is 14.3. The number of carbonyl (C=O) groups excluding carboxylic acids is 6. The summed E-state index contributed by atoms with van der Waals surface area (Å²) >= 11 is 23.6. The van der Waals surface area contributed by atoms with E-state index in [0.29, 0.717) is 86.4 Å². The highest BCUT2D eigenvalue weighted by atomic mass is 35.5. The van der Waals surface area contributed by atoms with Gasteiger partial charge in [-0.2, -0.15) is 0 Å². The number of ether oxygens (including phenoxy) is 9. The molecule has 5 unspecified atom stereocenters. The lowest BCUT2D eigenvalue weighted by atomic mass is 9.97. The molecule has 23 nitrogen and oxygen atoms in total. The highest BCUT2D eigenvalue weighted by Gasteiger charge is 2.58. The number of nitrogens with zero attached hydrogens (tertiary/aromatic N) is 2. The van der Waals surface area contributed by atoms with Gasteiger partial charge in [0, 0.05) is 74.6 Å². The van der Waals surface area contributed by atoms with Gasteiger partial charge in [-0.1, -0.05) is 162 Å². The summed E-state index contributed by atoms with van der Waals surface area (Å²) < 4.78 is 63.3. The van der Waals surface area contributed by atoms with Crippen LogP contribution in [0.25, 0.3) is 0 Å². The summed E-state index contributed by atoms with van der Waals surface area (Å²) in [6, 6.07) is 0. The largest absolute Gasteiger partial charge is 1.00 e. The summed E-state index contributed by atoms with van der Waals surface area (Å²) in [4.78, 5) is 88.3. The minimum absolute atomic E-state index is 0. The number of hydrogen-bond donors (Lipinski definition) is 6. The van der Waals surface area contributed by atoms with E-state index in [9.17, 15) is 28.8 Å². The molecule has 0 aliphatic carbocycles. The molecule has 0 spiro atoms. The smallest absolute Gasteiger partial charge is 0.306 e. The Morgan fingerprint density at radius 3 is 0.949 bits per heavy atom. The lowest BCUT2D eigenvalue weighted by Crippen LogP contribution is -3.15. The molecule has 4 aliphatic heterocycles. The fourth-order valence-corrected chi connectivity index (χ4v) is 16.2. The average molecular weight is 1600 g/mol. The van der Waals surface area contributed by atoms with Crippen LogP contribution < -0.4 is 55.9 Å². The molecule has 0 amide bonds. The van der Waals surface area contributed by atoms with Crippen LogP contribution in [0.15, 0.2) is 0 Å². The van der Waals surface area contributed by atoms with Gasteiger partial charge < -0.3 is 98.5 Å². The van der Waals surface area contributed by atoms with Gasteiger partial charge in [0.05, 0.1) is 78.5 Å². The normalized spacial score (nSPS) is 22.9. The van der Waals surface area contributed by atoms with Gasteiger partial charge in [0.15, 0.2) is 46.8 Å². The molecule has 576 valence electrons. The summed E-state index contributed by atoms with van der Waals surface area (Å²) in [6.07, 6.45) is -1.49. The number of quaternary nitrogens is 2. The Hall–Kier alpha value is -1.52. The van der Waals surface area contributed by atoms with Gasteiger partial charge in [-0.25, -0.2) is 8.84 Å². The van der Waals surface area contributed by atoms with E-state index in [1.54, 1.807) is 0 Å². The monoisotopic (exact) mass is 1590 g/mol. The number of halogens is 4. The Bertz CT molecular complexity index is 2110. The van der Waals surface area contributed by atoms with E-state index in [0.717, 1.165) is 142 Å². The zero-order valence-electron chi connectivity index (χ0n) is 59.5. The molecule has 0 saturated carbocycles. The van der Waals surface area contributed by atoms with Crippen molar-refractivity contribution in [3.8, 4) is 0 Å². The molecule has 0 aromatic rings. The molecule has 4 aliphatic rings. The third kappa shape index (κ3) is 40.1. The van der Waals surface area contributed by atoms with E-state index in [4.69, 9.17) is 90.6 Å². The second-order valence-electron chi connectivity index (χ2n) is 25.1. The van der Waals surface area contributed by atoms with Crippen molar-refractivity contribution in [1.82, 2.24) is 30.1 Å². The zero-order chi connectivity index (χ0) is 70.4. The van der Waals surface area contributed by atoms with Gasteiger partial charge in [-0.3, -0.25) is 28.8 Å². The van der Waals surface area contributed by atoms with E-state index >= 15 is 0 Å². The van der Waals surface area contributed by atoms with Gasteiger partial charge >= 0.3 is 35.8 Å².